The molecular weight excluding hydrogens is 280 g/mol. The van der Waals surface area contributed by atoms with Gasteiger partial charge in [0.2, 0.25) is 0 Å². The van der Waals surface area contributed by atoms with Crippen molar-refractivity contribution in [2.24, 2.45) is 4.99 Å². The van der Waals surface area contributed by atoms with Crippen LogP contribution < -0.4 is 0 Å². The molecule has 2 aliphatic rings. The van der Waals surface area contributed by atoms with Crippen molar-refractivity contribution < 1.29 is 0 Å². The fourth-order valence-electron chi connectivity index (χ4n) is 3.04. The molecule has 4 nitrogen and oxygen atoms in total. The van der Waals surface area contributed by atoms with Gasteiger partial charge in [0.15, 0.2) is 5.17 Å². The summed E-state index contributed by atoms with van der Waals surface area (Å²) in [4.78, 5) is 16.0. The molecule has 2 aromatic heterocycles. The van der Waals surface area contributed by atoms with Gasteiger partial charge >= 0.3 is 0 Å². The molecule has 0 unspecified atom stereocenters. The number of pyridine rings is 2. The lowest BCUT2D eigenvalue weighted by molar-refractivity contribution is 0.321. The van der Waals surface area contributed by atoms with Crippen LogP contribution in [0.3, 0.4) is 0 Å². The van der Waals surface area contributed by atoms with Crippen LogP contribution in [0.2, 0.25) is 0 Å². The molecule has 2 aromatic rings. The summed E-state index contributed by atoms with van der Waals surface area (Å²) in [6.45, 7) is 3.30. The number of rotatable bonds is 2. The predicted molar refractivity (Wildman–Crippen MR) is 85.2 cm³/mol. The van der Waals surface area contributed by atoms with Gasteiger partial charge in [-0.1, -0.05) is 24.8 Å². The molecule has 5 heteroatoms. The lowest BCUT2D eigenvalue weighted by atomic mass is 9.97. The molecule has 0 radical (unpaired) electrons. The first-order chi connectivity index (χ1) is 10.3. The van der Waals surface area contributed by atoms with Crippen LogP contribution in [0.4, 0.5) is 0 Å². The third kappa shape index (κ3) is 2.21. The van der Waals surface area contributed by atoms with Gasteiger partial charge in [0.05, 0.1) is 11.7 Å². The first-order valence-corrected chi connectivity index (χ1v) is 8.03. The average molecular weight is 296 g/mol. The molecule has 4 rings (SSSR count). The number of aromatic nitrogens is 2. The van der Waals surface area contributed by atoms with Crippen molar-refractivity contribution in [2.75, 3.05) is 6.54 Å². The Morgan fingerprint density at radius 1 is 1.14 bits per heavy atom. The average Bonchev–Trinajstić information content (AvgIpc) is 3.05. The van der Waals surface area contributed by atoms with E-state index in [2.05, 4.69) is 40.0 Å². The van der Waals surface area contributed by atoms with Gasteiger partial charge in [0.25, 0.3) is 0 Å². The van der Waals surface area contributed by atoms with Crippen LogP contribution in [0.5, 0.6) is 0 Å². The summed E-state index contributed by atoms with van der Waals surface area (Å²) in [5, 5.41) is 1.75. The fraction of sp³-hybridized carbons (Fsp3) is 0.312. The van der Waals surface area contributed by atoms with Crippen LogP contribution in [0.1, 0.15) is 30.3 Å². The van der Waals surface area contributed by atoms with Gasteiger partial charge < -0.3 is 4.90 Å². The zero-order valence-electron chi connectivity index (χ0n) is 11.8. The highest BCUT2D eigenvalue weighted by atomic mass is 32.2. The SMILES string of the molecule is C[C@@H]1CN2C(=N[C@H](c3ccccn3)[C@H]2c2ccncc2)S1. The van der Waals surface area contributed by atoms with E-state index in [1.165, 1.54) is 5.56 Å². The number of hydrogen-bond acceptors (Lipinski definition) is 5. The quantitative estimate of drug-likeness (QED) is 0.854. The second-order valence-corrected chi connectivity index (χ2v) is 6.82. The third-order valence-electron chi connectivity index (χ3n) is 3.93. The number of thioether (sulfide) groups is 1. The lowest BCUT2D eigenvalue weighted by Gasteiger charge is -2.27. The van der Waals surface area contributed by atoms with E-state index in [1.807, 2.05) is 42.5 Å². The van der Waals surface area contributed by atoms with E-state index in [-0.39, 0.29) is 12.1 Å². The molecule has 1 saturated heterocycles. The van der Waals surface area contributed by atoms with Crippen molar-refractivity contribution in [1.29, 1.82) is 0 Å². The molecule has 106 valence electrons. The molecule has 0 aliphatic carbocycles. The van der Waals surface area contributed by atoms with Crippen LogP contribution in [0, 0.1) is 0 Å². The van der Waals surface area contributed by atoms with E-state index in [1.54, 1.807) is 0 Å². The molecule has 0 bridgehead atoms. The maximum absolute atomic E-state index is 4.95. The van der Waals surface area contributed by atoms with Gasteiger partial charge in [0.1, 0.15) is 6.04 Å². The smallest absolute Gasteiger partial charge is 0.160 e. The number of amidine groups is 1. The van der Waals surface area contributed by atoms with E-state index in [9.17, 15) is 0 Å². The maximum atomic E-state index is 4.95. The Bertz CT molecular complexity index is 658. The molecule has 0 spiro atoms. The van der Waals surface area contributed by atoms with Gasteiger partial charge in [-0.3, -0.25) is 15.0 Å². The van der Waals surface area contributed by atoms with Crippen molar-refractivity contribution in [1.82, 2.24) is 14.9 Å². The summed E-state index contributed by atoms with van der Waals surface area (Å²) < 4.78 is 0. The van der Waals surface area contributed by atoms with Gasteiger partial charge in [-0.15, -0.1) is 0 Å². The molecule has 21 heavy (non-hydrogen) atoms. The second kappa shape index (κ2) is 5.15. The molecule has 0 N–H and O–H groups in total. The van der Waals surface area contributed by atoms with Crippen molar-refractivity contribution >= 4 is 16.9 Å². The van der Waals surface area contributed by atoms with Gasteiger partial charge in [0, 0.05) is 30.4 Å². The second-order valence-electron chi connectivity index (χ2n) is 5.42. The summed E-state index contributed by atoms with van der Waals surface area (Å²) in [6, 6.07) is 10.5. The van der Waals surface area contributed by atoms with Crippen LogP contribution in [-0.2, 0) is 0 Å². The highest BCUT2D eigenvalue weighted by Gasteiger charge is 2.43. The van der Waals surface area contributed by atoms with Gasteiger partial charge in [-0.2, -0.15) is 0 Å². The van der Waals surface area contributed by atoms with Crippen LogP contribution in [-0.4, -0.2) is 31.8 Å². The van der Waals surface area contributed by atoms with Gasteiger partial charge in [-0.25, -0.2) is 0 Å². The Morgan fingerprint density at radius 2 is 2.00 bits per heavy atom. The normalized spacial score (nSPS) is 27.6. The molecule has 2 aliphatic heterocycles. The largest absolute Gasteiger partial charge is 0.341 e. The fourth-order valence-corrected chi connectivity index (χ4v) is 4.13. The zero-order valence-corrected chi connectivity index (χ0v) is 12.6. The van der Waals surface area contributed by atoms with Crippen LogP contribution in [0.15, 0.2) is 53.9 Å². The number of nitrogens with zero attached hydrogens (tertiary/aromatic N) is 4. The van der Waals surface area contributed by atoms with E-state index in [0.29, 0.717) is 5.25 Å². The number of aliphatic imine (C=N–C) groups is 1. The summed E-state index contributed by atoms with van der Waals surface area (Å²) in [7, 11) is 0. The Balaban J connectivity index is 1.77. The number of hydrogen-bond donors (Lipinski definition) is 0. The Morgan fingerprint density at radius 3 is 2.76 bits per heavy atom. The highest BCUT2D eigenvalue weighted by molar-refractivity contribution is 8.14. The molecule has 3 atom stereocenters. The molecule has 1 fully saturated rings. The van der Waals surface area contributed by atoms with E-state index in [4.69, 9.17) is 4.99 Å². The predicted octanol–water partition coefficient (Wildman–Crippen LogP) is 3.07. The van der Waals surface area contributed by atoms with Gasteiger partial charge in [-0.05, 0) is 29.8 Å². The van der Waals surface area contributed by atoms with Crippen LogP contribution >= 0.6 is 11.8 Å². The monoisotopic (exact) mass is 296 g/mol. The minimum atomic E-state index is 0.0728. The van der Waals surface area contributed by atoms with Crippen molar-refractivity contribution in [3.05, 3.63) is 60.2 Å². The molecule has 0 amide bonds. The summed E-state index contributed by atoms with van der Waals surface area (Å²) in [5.74, 6) is 0. The Labute approximate surface area is 128 Å². The lowest BCUT2D eigenvalue weighted by Crippen LogP contribution is -2.28. The summed E-state index contributed by atoms with van der Waals surface area (Å²) >= 11 is 1.87. The van der Waals surface area contributed by atoms with Crippen molar-refractivity contribution in [3.8, 4) is 0 Å². The Hall–Kier alpha value is -1.88. The number of fused-ring (bicyclic) bond motifs is 1. The molecular formula is C16H16N4S. The standard InChI is InChI=1S/C16H16N4S/c1-11-10-20-15(12-5-8-17-9-6-12)14(19-16(20)21-11)13-4-2-3-7-18-13/h2-9,11,14-15H,10H2,1H3/t11-,14-,15-/m1/s1. The van der Waals surface area contributed by atoms with Crippen molar-refractivity contribution in [2.45, 2.75) is 24.3 Å². The van der Waals surface area contributed by atoms with E-state index < -0.39 is 0 Å². The van der Waals surface area contributed by atoms with Crippen LogP contribution in [0.25, 0.3) is 0 Å². The molecule has 0 saturated carbocycles. The maximum Gasteiger partial charge on any atom is 0.160 e. The molecule has 4 heterocycles. The topological polar surface area (TPSA) is 41.4 Å². The third-order valence-corrected chi connectivity index (χ3v) is 5.03. The van der Waals surface area contributed by atoms with Crippen molar-refractivity contribution in [3.63, 3.8) is 0 Å². The highest BCUT2D eigenvalue weighted by Crippen LogP contribution is 2.47. The van der Waals surface area contributed by atoms with E-state index in [0.717, 1.165) is 17.4 Å². The summed E-state index contributed by atoms with van der Waals surface area (Å²) in [6.07, 6.45) is 5.56. The Kier molecular flexibility index (Phi) is 3.15. The zero-order chi connectivity index (χ0) is 14.2. The minimum absolute atomic E-state index is 0.0728. The van der Waals surface area contributed by atoms with E-state index >= 15 is 0 Å². The first kappa shape index (κ1) is 12.8. The summed E-state index contributed by atoms with van der Waals surface area (Å²) in [5.41, 5.74) is 2.29. The first-order valence-electron chi connectivity index (χ1n) is 7.15. The minimum Gasteiger partial charge on any atom is -0.341 e. The molecule has 0 aromatic carbocycles.